The molecule has 0 aliphatic heterocycles. The van der Waals surface area contributed by atoms with Crippen molar-refractivity contribution in [2.75, 3.05) is 11.5 Å². The Morgan fingerprint density at radius 3 is 1.58 bits per heavy atom. The SMILES string of the molecule is Cc1nc(N)c(C)c(N)n1.Cl.Cl. The lowest BCUT2D eigenvalue weighted by Gasteiger charge is -2.01. The van der Waals surface area contributed by atoms with Gasteiger partial charge in [-0.3, -0.25) is 0 Å². The smallest absolute Gasteiger partial charge is 0.132 e. The highest BCUT2D eigenvalue weighted by atomic mass is 35.5. The Balaban J connectivity index is 0. The Bertz CT molecular complexity index is 241. The summed E-state index contributed by atoms with van der Waals surface area (Å²) in [7, 11) is 0. The molecule has 4 N–H and O–H groups in total. The summed E-state index contributed by atoms with van der Waals surface area (Å²) in [6, 6.07) is 0. The first kappa shape index (κ1) is 13.8. The van der Waals surface area contributed by atoms with E-state index in [9.17, 15) is 0 Å². The van der Waals surface area contributed by atoms with Crippen LogP contribution < -0.4 is 11.5 Å². The molecule has 12 heavy (non-hydrogen) atoms. The molecular formula is C6H12Cl2N4. The predicted molar refractivity (Wildman–Crippen MR) is 54.8 cm³/mol. The molecule has 0 aliphatic carbocycles. The molecule has 0 unspecified atom stereocenters. The molecule has 0 aromatic carbocycles. The van der Waals surface area contributed by atoms with Gasteiger partial charge in [-0.05, 0) is 13.8 Å². The number of halogens is 2. The van der Waals surface area contributed by atoms with Gasteiger partial charge in [0.15, 0.2) is 0 Å². The first-order chi connectivity index (χ1) is 4.61. The van der Waals surface area contributed by atoms with Gasteiger partial charge in [0.05, 0.1) is 0 Å². The van der Waals surface area contributed by atoms with Gasteiger partial charge in [-0.1, -0.05) is 0 Å². The number of nitrogens with zero attached hydrogens (tertiary/aromatic N) is 2. The third-order valence-electron chi connectivity index (χ3n) is 1.33. The van der Waals surface area contributed by atoms with E-state index < -0.39 is 0 Å². The van der Waals surface area contributed by atoms with Gasteiger partial charge in [-0.25, -0.2) is 9.97 Å². The normalized spacial score (nSPS) is 8.17. The van der Waals surface area contributed by atoms with Crippen molar-refractivity contribution in [3.63, 3.8) is 0 Å². The van der Waals surface area contributed by atoms with Crippen LogP contribution in [0.15, 0.2) is 0 Å². The maximum Gasteiger partial charge on any atom is 0.132 e. The van der Waals surface area contributed by atoms with Crippen LogP contribution in [-0.2, 0) is 0 Å². The van der Waals surface area contributed by atoms with Gasteiger partial charge < -0.3 is 11.5 Å². The summed E-state index contributed by atoms with van der Waals surface area (Å²) in [5, 5.41) is 0. The van der Waals surface area contributed by atoms with Crippen molar-refractivity contribution >= 4 is 36.4 Å². The van der Waals surface area contributed by atoms with E-state index in [0.29, 0.717) is 17.5 Å². The first-order valence-electron chi connectivity index (χ1n) is 2.97. The lowest BCUT2D eigenvalue weighted by Crippen LogP contribution is -2.03. The molecule has 0 saturated carbocycles. The van der Waals surface area contributed by atoms with Crippen LogP contribution in [-0.4, -0.2) is 9.97 Å². The van der Waals surface area contributed by atoms with Crippen LogP contribution in [0.4, 0.5) is 11.6 Å². The van der Waals surface area contributed by atoms with Crippen molar-refractivity contribution in [2.45, 2.75) is 13.8 Å². The fourth-order valence-corrected chi connectivity index (χ4v) is 0.673. The molecular weight excluding hydrogens is 199 g/mol. The summed E-state index contributed by atoms with van der Waals surface area (Å²) in [5.74, 6) is 1.54. The van der Waals surface area contributed by atoms with E-state index in [1.54, 1.807) is 13.8 Å². The predicted octanol–water partition coefficient (Wildman–Crippen LogP) is 1.10. The maximum absolute atomic E-state index is 5.49. The minimum Gasteiger partial charge on any atom is -0.383 e. The van der Waals surface area contributed by atoms with E-state index >= 15 is 0 Å². The van der Waals surface area contributed by atoms with E-state index in [1.165, 1.54) is 0 Å². The summed E-state index contributed by atoms with van der Waals surface area (Å²) in [5.41, 5.74) is 11.7. The second-order valence-corrected chi connectivity index (χ2v) is 2.17. The third kappa shape index (κ3) is 2.71. The van der Waals surface area contributed by atoms with Gasteiger partial charge in [0.1, 0.15) is 17.5 Å². The third-order valence-corrected chi connectivity index (χ3v) is 1.33. The molecule has 0 atom stereocenters. The molecule has 1 heterocycles. The molecule has 0 radical (unpaired) electrons. The van der Waals surface area contributed by atoms with Crippen LogP contribution in [0.25, 0.3) is 0 Å². The minimum atomic E-state index is 0. The molecule has 0 aliphatic rings. The number of rotatable bonds is 0. The molecule has 0 bridgehead atoms. The van der Waals surface area contributed by atoms with Gasteiger partial charge in [-0.2, -0.15) is 0 Å². The second kappa shape index (κ2) is 5.00. The topological polar surface area (TPSA) is 77.8 Å². The fraction of sp³-hybridized carbons (Fsp3) is 0.333. The number of anilines is 2. The number of hydrogen-bond donors (Lipinski definition) is 2. The zero-order valence-electron chi connectivity index (χ0n) is 6.87. The summed E-state index contributed by atoms with van der Waals surface area (Å²) < 4.78 is 0. The van der Waals surface area contributed by atoms with Gasteiger partial charge in [-0.15, -0.1) is 24.8 Å². The summed E-state index contributed by atoms with van der Waals surface area (Å²) in [6.07, 6.45) is 0. The minimum absolute atomic E-state index is 0. The highest BCUT2D eigenvalue weighted by Gasteiger charge is 2.00. The standard InChI is InChI=1S/C6H10N4.2ClH/c1-3-5(7)9-4(2)10-6(3)8;;/h1-2H3,(H4,7,8,9,10);2*1H. The molecule has 0 saturated heterocycles. The Morgan fingerprint density at radius 1 is 0.917 bits per heavy atom. The van der Waals surface area contributed by atoms with Crippen LogP contribution in [0.3, 0.4) is 0 Å². The molecule has 1 rings (SSSR count). The van der Waals surface area contributed by atoms with E-state index in [-0.39, 0.29) is 24.8 Å². The molecule has 70 valence electrons. The second-order valence-electron chi connectivity index (χ2n) is 2.17. The number of hydrogen-bond acceptors (Lipinski definition) is 4. The van der Waals surface area contributed by atoms with E-state index in [2.05, 4.69) is 9.97 Å². The largest absolute Gasteiger partial charge is 0.383 e. The maximum atomic E-state index is 5.49. The lowest BCUT2D eigenvalue weighted by molar-refractivity contribution is 1.05. The number of nitrogen functional groups attached to an aromatic ring is 2. The van der Waals surface area contributed by atoms with Crippen LogP contribution in [0.2, 0.25) is 0 Å². The van der Waals surface area contributed by atoms with Crippen molar-refractivity contribution in [1.29, 1.82) is 0 Å². The lowest BCUT2D eigenvalue weighted by atomic mass is 10.3. The quantitative estimate of drug-likeness (QED) is 0.673. The number of aromatic nitrogens is 2. The van der Waals surface area contributed by atoms with Crippen molar-refractivity contribution in [3.05, 3.63) is 11.4 Å². The van der Waals surface area contributed by atoms with Crippen molar-refractivity contribution in [3.8, 4) is 0 Å². The van der Waals surface area contributed by atoms with Crippen LogP contribution in [0.1, 0.15) is 11.4 Å². The average molecular weight is 211 g/mol. The zero-order valence-corrected chi connectivity index (χ0v) is 8.50. The van der Waals surface area contributed by atoms with E-state index in [1.807, 2.05) is 0 Å². The Hall–Kier alpha value is -0.740. The Morgan fingerprint density at radius 2 is 1.25 bits per heavy atom. The van der Waals surface area contributed by atoms with Crippen LogP contribution in [0, 0.1) is 13.8 Å². The molecule has 0 spiro atoms. The average Bonchev–Trinajstić information content (AvgIpc) is 1.82. The summed E-state index contributed by atoms with van der Waals surface area (Å²) in [6.45, 7) is 3.55. The summed E-state index contributed by atoms with van der Waals surface area (Å²) in [4.78, 5) is 7.84. The van der Waals surface area contributed by atoms with Crippen LogP contribution in [0.5, 0.6) is 0 Å². The number of nitrogens with two attached hydrogens (primary N) is 2. The molecule has 4 nitrogen and oxygen atoms in total. The van der Waals surface area contributed by atoms with Crippen molar-refractivity contribution < 1.29 is 0 Å². The van der Waals surface area contributed by atoms with Gasteiger partial charge in [0.2, 0.25) is 0 Å². The molecule has 1 aromatic rings. The fourth-order valence-electron chi connectivity index (χ4n) is 0.673. The monoisotopic (exact) mass is 210 g/mol. The van der Waals surface area contributed by atoms with Gasteiger partial charge >= 0.3 is 0 Å². The number of aryl methyl sites for hydroxylation is 1. The molecule has 6 heteroatoms. The molecule has 0 fully saturated rings. The molecule has 1 aromatic heterocycles. The Kier molecular flexibility index (Phi) is 5.76. The highest BCUT2D eigenvalue weighted by molar-refractivity contribution is 5.85. The first-order valence-corrected chi connectivity index (χ1v) is 2.97. The Labute approximate surface area is 83.6 Å². The van der Waals surface area contributed by atoms with Gasteiger partial charge in [0, 0.05) is 5.56 Å². The molecule has 0 amide bonds. The van der Waals surface area contributed by atoms with Crippen molar-refractivity contribution in [2.24, 2.45) is 0 Å². The van der Waals surface area contributed by atoms with E-state index in [4.69, 9.17) is 11.5 Å². The van der Waals surface area contributed by atoms with Crippen molar-refractivity contribution in [1.82, 2.24) is 9.97 Å². The van der Waals surface area contributed by atoms with Gasteiger partial charge in [0.25, 0.3) is 0 Å². The summed E-state index contributed by atoms with van der Waals surface area (Å²) >= 11 is 0. The zero-order chi connectivity index (χ0) is 7.72. The highest BCUT2D eigenvalue weighted by Crippen LogP contribution is 2.12. The van der Waals surface area contributed by atoms with Crippen LogP contribution >= 0.6 is 24.8 Å². The van der Waals surface area contributed by atoms with E-state index in [0.717, 1.165) is 5.56 Å².